The van der Waals surface area contributed by atoms with Gasteiger partial charge in [0, 0.05) is 10.8 Å². The molecule has 6 heteroatoms. The Morgan fingerprint density at radius 2 is 1.86 bits per heavy atom. The highest BCUT2D eigenvalue weighted by atomic mass is 32.2. The van der Waals surface area contributed by atoms with Crippen molar-refractivity contribution in [1.29, 1.82) is 0 Å². The third kappa shape index (κ3) is 5.07. The lowest BCUT2D eigenvalue weighted by atomic mass is 9.93. The highest BCUT2D eigenvalue weighted by Gasteiger charge is 2.38. The van der Waals surface area contributed by atoms with Gasteiger partial charge in [0.1, 0.15) is 11.5 Å². The van der Waals surface area contributed by atoms with E-state index in [9.17, 15) is 15.3 Å². The Balaban J connectivity index is 1.91. The van der Waals surface area contributed by atoms with Gasteiger partial charge in [-0.15, -0.1) is 11.8 Å². The summed E-state index contributed by atoms with van der Waals surface area (Å²) in [4.78, 5) is 0. The average molecular weight is 419 g/mol. The lowest BCUT2D eigenvalue weighted by molar-refractivity contribution is 0.00496. The van der Waals surface area contributed by atoms with E-state index >= 15 is 0 Å². The van der Waals surface area contributed by atoms with E-state index in [4.69, 9.17) is 9.47 Å². The van der Waals surface area contributed by atoms with E-state index < -0.39 is 12.2 Å². The minimum Gasteiger partial charge on any atom is -0.496 e. The fraction of sp³-hybridized carbons (Fsp3) is 0.478. The van der Waals surface area contributed by atoms with Crippen LogP contribution in [-0.4, -0.2) is 53.1 Å². The number of aliphatic hydroxyl groups excluding tert-OH is 3. The first kappa shape index (κ1) is 22.0. The number of rotatable bonds is 7. The molecule has 158 valence electrons. The molecule has 1 saturated heterocycles. The Morgan fingerprint density at radius 3 is 2.48 bits per heavy atom. The molecule has 1 fully saturated rings. The summed E-state index contributed by atoms with van der Waals surface area (Å²) in [5.74, 6) is 1.55. The third-order valence-electron chi connectivity index (χ3n) is 5.38. The van der Waals surface area contributed by atoms with Crippen LogP contribution in [0.2, 0.25) is 0 Å². The first-order chi connectivity index (χ1) is 14.0. The van der Waals surface area contributed by atoms with Crippen molar-refractivity contribution in [3.05, 3.63) is 58.7 Å². The summed E-state index contributed by atoms with van der Waals surface area (Å²) in [5, 5.41) is 30.0. The molecule has 1 aliphatic rings. The van der Waals surface area contributed by atoms with E-state index in [0.29, 0.717) is 18.8 Å². The van der Waals surface area contributed by atoms with Gasteiger partial charge in [-0.25, -0.2) is 0 Å². The van der Waals surface area contributed by atoms with Crippen molar-refractivity contribution in [1.82, 2.24) is 0 Å². The summed E-state index contributed by atoms with van der Waals surface area (Å²) in [5.41, 5.74) is 4.26. The Morgan fingerprint density at radius 1 is 1.14 bits per heavy atom. The van der Waals surface area contributed by atoms with Gasteiger partial charge < -0.3 is 24.8 Å². The molecule has 3 N–H and O–H groups in total. The summed E-state index contributed by atoms with van der Waals surface area (Å²) in [6.07, 6.45) is -0.641. The minimum atomic E-state index is -0.905. The predicted octanol–water partition coefficient (Wildman–Crippen LogP) is 3.25. The zero-order chi connectivity index (χ0) is 21.0. The summed E-state index contributed by atoms with van der Waals surface area (Å²) in [6, 6.07) is 12.1. The first-order valence-electron chi connectivity index (χ1n) is 9.98. The second kappa shape index (κ2) is 9.85. The van der Waals surface area contributed by atoms with Crippen LogP contribution in [0.4, 0.5) is 0 Å². The molecule has 5 nitrogen and oxygen atoms in total. The van der Waals surface area contributed by atoms with Gasteiger partial charge >= 0.3 is 0 Å². The first-order valence-corrected chi connectivity index (χ1v) is 10.9. The lowest BCUT2D eigenvalue weighted by Crippen LogP contribution is -2.39. The largest absolute Gasteiger partial charge is 0.496 e. The molecule has 2 aromatic carbocycles. The number of hydrogen-bond acceptors (Lipinski definition) is 6. The lowest BCUT2D eigenvalue weighted by Gasteiger charge is -2.36. The van der Waals surface area contributed by atoms with E-state index in [-0.39, 0.29) is 17.1 Å². The van der Waals surface area contributed by atoms with Crippen molar-refractivity contribution in [3.8, 4) is 11.5 Å². The Labute approximate surface area is 176 Å². The van der Waals surface area contributed by atoms with Gasteiger partial charge in [0.2, 0.25) is 0 Å². The van der Waals surface area contributed by atoms with Crippen LogP contribution in [0.1, 0.15) is 40.8 Å². The summed E-state index contributed by atoms with van der Waals surface area (Å²) in [6.45, 7) is 4.62. The smallest absolute Gasteiger partial charge is 0.123 e. The number of benzene rings is 2. The van der Waals surface area contributed by atoms with Crippen molar-refractivity contribution in [2.24, 2.45) is 0 Å². The second-order valence-electron chi connectivity index (χ2n) is 7.43. The molecule has 29 heavy (non-hydrogen) atoms. The Bertz CT molecular complexity index is 808. The SMILES string of the molecule is CCOc1ccc(Cc2cc(C3SC(CO)CC(O)C3O)c(OC)cc2C)cc1. The third-order valence-corrected chi connectivity index (χ3v) is 6.93. The molecule has 0 saturated carbocycles. The number of hydrogen-bond donors (Lipinski definition) is 3. The van der Waals surface area contributed by atoms with Gasteiger partial charge in [-0.2, -0.15) is 0 Å². The van der Waals surface area contributed by atoms with Gasteiger partial charge in [0.25, 0.3) is 0 Å². The van der Waals surface area contributed by atoms with Crippen LogP contribution in [0.15, 0.2) is 36.4 Å². The summed E-state index contributed by atoms with van der Waals surface area (Å²) >= 11 is 1.50. The molecule has 4 unspecified atom stereocenters. The Hall–Kier alpha value is -1.73. The highest BCUT2D eigenvalue weighted by molar-refractivity contribution is 8.00. The van der Waals surface area contributed by atoms with Gasteiger partial charge in [-0.05, 0) is 61.6 Å². The number of aryl methyl sites for hydroxylation is 1. The molecule has 1 aliphatic heterocycles. The maximum Gasteiger partial charge on any atom is 0.123 e. The highest BCUT2D eigenvalue weighted by Crippen LogP contribution is 2.46. The van der Waals surface area contributed by atoms with E-state index in [2.05, 4.69) is 18.2 Å². The predicted molar refractivity (Wildman–Crippen MR) is 116 cm³/mol. The molecular weight excluding hydrogens is 388 g/mol. The zero-order valence-electron chi connectivity index (χ0n) is 17.2. The van der Waals surface area contributed by atoms with Gasteiger partial charge in [-0.1, -0.05) is 18.2 Å². The van der Waals surface area contributed by atoms with Crippen LogP contribution < -0.4 is 9.47 Å². The van der Waals surface area contributed by atoms with Crippen molar-refractivity contribution in [2.45, 2.75) is 49.4 Å². The molecule has 0 bridgehead atoms. The number of ether oxygens (including phenoxy) is 2. The molecule has 0 aromatic heterocycles. The molecule has 0 amide bonds. The molecule has 0 radical (unpaired) electrons. The summed E-state index contributed by atoms with van der Waals surface area (Å²) in [7, 11) is 1.62. The molecule has 3 rings (SSSR count). The van der Waals surface area contributed by atoms with Crippen LogP contribution in [0, 0.1) is 6.92 Å². The normalized spacial score (nSPS) is 24.3. The van der Waals surface area contributed by atoms with Crippen LogP contribution in [0.5, 0.6) is 11.5 Å². The van der Waals surface area contributed by atoms with Gasteiger partial charge in [-0.3, -0.25) is 0 Å². The Kier molecular flexibility index (Phi) is 7.46. The quantitative estimate of drug-likeness (QED) is 0.641. The van der Waals surface area contributed by atoms with Gasteiger partial charge in [0.15, 0.2) is 0 Å². The fourth-order valence-electron chi connectivity index (χ4n) is 3.75. The molecule has 0 spiro atoms. The maximum atomic E-state index is 10.6. The van der Waals surface area contributed by atoms with Crippen molar-refractivity contribution >= 4 is 11.8 Å². The maximum absolute atomic E-state index is 10.6. The summed E-state index contributed by atoms with van der Waals surface area (Å²) < 4.78 is 11.1. The van der Waals surface area contributed by atoms with Crippen molar-refractivity contribution in [2.75, 3.05) is 20.3 Å². The molecule has 0 aliphatic carbocycles. The van der Waals surface area contributed by atoms with Crippen molar-refractivity contribution < 1.29 is 24.8 Å². The van der Waals surface area contributed by atoms with Gasteiger partial charge in [0.05, 0.1) is 37.8 Å². The number of thioether (sulfide) groups is 1. The van der Waals surface area contributed by atoms with Crippen LogP contribution >= 0.6 is 11.8 Å². The molecule has 1 heterocycles. The van der Waals surface area contributed by atoms with Crippen molar-refractivity contribution in [3.63, 3.8) is 0 Å². The molecular formula is C23H30O5S. The topological polar surface area (TPSA) is 79.2 Å². The number of aliphatic hydroxyl groups is 3. The average Bonchev–Trinajstić information content (AvgIpc) is 2.72. The van der Waals surface area contributed by atoms with E-state index in [0.717, 1.165) is 34.4 Å². The standard InChI is InChI=1S/C23H30O5S/c1-4-28-17-7-5-15(6-8-17)10-16-11-19(21(27-3)9-14(16)2)23-22(26)20(25)12-18(13-24)29-23/h5-9,11,18,20,22-26H,4,10,12-13H2,1-3H3. The fourth-order valence-corrected chi connectivity index (χ4v) is 5.24. The van der Waals surface area contributed by atoms with E-state index in [1.165, 1.54) is 11.8 Å². The monoisotopic (exact) mass is 418 g/mol. The van der Waals surface area contributed by atoms with E-state index in [1.807, 2.05) is 32.0 Å². The zero-order valence-corrected chi connectivity index (χ0v) is 18.0. The van der Waals surface area contributed by atoms with Crippen LogP contribution in [0.3, 0.4) is 0 Å². The second-order valence-corrected chi connectivity index (χ2v) is 8.88. The molecule has 2 aromatic rings. The van der Waals surface area contributed by atoms with Crippen LogP contribution in [-0.2, 0) is 6.42 Å². The number of methoxy groups -OCH3 is 1. The van der Waals surface area contributed by atoms with E-state index in [1.54, 1.807) is 7.11 Å². The minimum absolute atomic E-state index is 0.0296. The molecule has 4 atom stereocenters. The van der Waals surface area contributed by atoms with Crippen LogP contribution in [0.25, 0.3) is 0 Å².